The number of phenolic OH excluding ortho intramolecular Hbond substituents is 1. The molecular weight excluding hydrogens is 528 g/mol. The summed E-state index contributed by atoms with van der Waals surface area (Å²) in [7, 11) is 1.56. The van der Waals surface area contributed by atoms with E-state index in [4.69, 9.17) is 27.9 Å². The van der Waals surface area contributed by atoms with E-state index in [-0.39, 0.29) is 36.3 Å². The first-order chi connectivity index (χ1) is 13.4. The number of halogens is 3. The molecule has 2 aromatic rings. The molecule has 2 rings (SSSR count). The van der Waals surface area contributed by atoms with E-state index in [0.717, 1.165) is 5.56 Å². The van der Waals surface area contributed by atoms with Gasteiger partial charge in [0.2, 0.25) is 0 Å². The Morgan fingerprint density at radius 2 is 1.83 bits per heavy atom. The molecule has 1 unspecified atom stereocenters. The summed E-state index contributed by atoms with van der Waals surface area (Å²) in [6.45, 7) is 3.35. The van der Waals surface area contributed by atoms with E-state index in [1.165, 1.54) is 0 Å². The molecule has 9 heteroatoms. The van der Waals surface area contributed by atoms with Gasteiger partial charge in [0.15, 0.2) is 5.96 Å². The number of methoxy groups -OCH3 is 1. The van der Waals surface area contributed by atoms with E-state index >= 15 is 0 Å². The predicted octanol–water partition coefficient (Wildman–Crippen LogP) is 4.16. The van der Waals surface area contributed by atoms with Gasteiger partial charge in [-0.2, -0.15) is 0 Å². The number of hydrogen-bond acceptors (Lipinski definition) is 4. The van der Waals surface area contributed by atoms with Crippen molar-refractivity contribution in [1.82, 2.24) is 10.6 Å². The molecule has 0 fully saturated rings. The van der Waals surface area contributed by atoms with Gasteiger partial charge in [-0.15, -0.1) is 24.0 Å². The molecule has 0 saturated carbocycles. The van der Waals surface area contributed by atoms with Gasteiger partial charge in [-0.3, -0.25) is 4.99 Å². The van der Waals surface area contributed by atoms with Crippen molar-refractivity contribution >= 4 is 53.1 Å². The van der Waals surface area contributed by atoms with Gasteiger partial charge < -0.3 is 25.6 Å². The highest BCUT2D eigenvalue weighted by atomic mass is 127. The lowest BCUT2D eigenvalue weighted by Crippen LogP contribution is -2.38. The van der Waals surface area contributed by atoms with Gasteiger partial charge in [0.25, 0.3) is 0 Å². The van der Waals surface area contributed by atoms with Crippen molar-refractivity contribution in [3.05, 3.63) is 57.6 Å². The second-order valence-electron chi connectivity index (χ2n) is 6.11. The van der Waals surface area contributed by atoms with Crippen LogP contribution in [0.15, 0.2) is 41.4 Å². The molecule has 0 aliphatic rings. The Bertz CT molecular complexity index is 801. The molecule has 6 nitrogen and oxygen atoms in total. The van der Waals surface area contributed by atoms with Crippen LogP contribution in [0.5, 0.6) is 11.5 Å². The van der Waals surface area contributed by atoms with Crippen molar-refractivity contribution < 1.29 is 14.9 Å². The van der Waals surface area contributed by atoms with E-state index in [2.05, 4.69) is 15.6 Å². The summed E-state index contributed by atoms with van der Waals surface area (Å²) in [5.74, 6) is 1.37. The minimum Gasteiger partial charge on any atom is -0.508 e. The Morgan fingerprint density at radius 3 is 2.41 bits per heavy atom. The van der Waals surface area contributed by atoms with E-state index in [1.807, 2.05) is 13.0 Å². The number of aliphatic hydroxyl groups excluding tert-OH is 1. The Labute approximate surface area is 198 Å². The van der Waals surface area contributed by atoms with Crippen LogP contribution in [0.4, 0.5) is 0 Å². The Balaban J connectivity index is 0.00000420. The van der Waals surface area contributed by atoms with Crippen LogP contribution in [0.2, 0.25) is 10.0 Å². The van der Waals surface area contributed by atoms with Crippen molar-refractivity contribution in [1.29, 1.82) is 0 Å². The molecule has 160 valence electrons. The van der Waals surface area contributed by atoms with Crippen LogP contribution in [0, 0.1) is 0 Å². The molecule has 4 N–H and O–H groups in total. The monoisotopic (exact) mass is 553 g/mol. The maximum Gasteiger partial charge on any atom is 0.191 e. The maximum atomic E-state index is 10.4. The highest BCUT2D eigenvalue weighted by molar-refractivity contribution is 14.0. The summed E-state index contributed by atoms with van der Waals surface area (Å²) < 4.78 is 5.09. The quantitative estimate of drug-likeness (QED) is 0.224. The van der Waals surface area contributed by atoms with E-state index in [9.17, 15) is 10.2 Å². The average molecular weight is 554 g/mol. The summed E-state index contributed by atoms with van der Waals surface area (Å²) in [6.07, 6.45) is -0.218. The van der Waals surface area contributed by atoms with E-state index in [1.54, 1.807) is 37.4 Å². The topological polar surface area (TPSA) is 86.1 Å². The molecule has 0 radical (unpaired) electrons. The highest BCUT2D eigenvalue weighted by Crippen LogP contribution is 2.24. The Hall–Kier alpha value is -1.42. The van der Waals surface area contributed by atoms with Crippen LogP contribution in [-0.2, 0) is 6.42 Å². The maximum absolute atomic E-state index is 10.4. The predicted molar refractivity (Wildman–Crippen MR) is 129 cm³/mol. The fourth-order valence-electron chi connectivity index (χ4n) is 2.59. The molecular formula is C20H26Cl2IN3O3. The van der Waals surface area contributed by atoms with Crippen LogP contribution in [0.1, 0.15) is 24.2 Å². The molecule has 0 heterocycles. The third-order valence-corrected chi connectivity index (χ3v) is 4.45. The van der Waals surface area contributed by atoms with Crippen LogP contribution < -0.4 is 15.4 Å². The number of aliphatic hydroxyl groups is 1. The zero-order chi connectivity index (χ0) is 20.5. The molecule has 0 bridgehead atoms. The summed E-state index contributed by atoms with van der Waals surface area (Å²) in [4.78, 5) is 4.41. The van der Waals surface area contributed by atoms with Crippen LogP contribution in [0.3, 0.4) is 0 Å². The molecule has 0 aliphatic heterocycles. The third kappa shape index (κ3) is 8.46. The minimum atomic E-state index is -0.822. The summed E-state index contributed by atoms with van der Waals surface area (Å²) in [5.41, 5.74) is 1.41. The van der Waals surface area contributed by atoms with E-state index < -0.39 is 6.10 Å². The molecule has 0 aromatic heterocycles. The van der Waals surface area contributed by atoms with Crippen LogP contribution in [0.25, 0.3) is 0 Å². The van der Waals surface area contributed by atoms with E-state index in [0.29, 0.717) is 46.8 Å². The van der Waals surface area contributed by atoms with Gasteiger partial charge in [-0.05, 0) is 48.7 Å². The van der Waals surface area contributed by atoms with Gasteiger partial charge >= 0.3 is 0 Å². The molecule has 29 heavy (non-hydrogen) atoms. The van der Waals surface area contributed by atoms with Crippen LogP contribution in [-0.4, -0.2) is 42.9 Å². The molecule has 0 aliphatic carbocycles. The van der Waals surface area contributed by atoms with Gasteiger partial charge in [-0.1, -0.05) is 29.3 Å². The SMILES string of the molecule is CCNC(=NCC(O)c1cc(Cl)cc(Cl)c1)NCCc1ccc(OC)cc1O.I. The standard InChI is InChI=1S/C20H25Cl2N3O3.HI/c1-3-23-20(24-7-6-13-4-5-17(28-2)11-18(13)26)25-12-19(27)14-8-15(21)10-16(22)9-14;/h4-5,8-11,19,26-27H,3,6-7,12H2,1-2H3,(H2,23,24,25);1H. The smallest absolute Gasteiger partial charge is 0.191 e. The number of rotatable bonds is 8. The van der Waals surface area contributed by atoms with Crippen molar-refractivity contribution in [2.45, 2.75) is 19.4 Å². The summed E-state index contributed by atoms with van der Waals surface area (Å²) in [5, 5.41) is 27.6. The lowest BCUT2D eigenvalue weighted by molar-refractivity contribution is 0.187. The lowest BCUT2D eigenvalue weighted by Gasteiger charge is -2.14. The van der Waals surface area contributed by atoms with Gasteiger partial charge in [0, 0.05) is 29.2 Å². The van der Waals surface area contributed by atoms with Crippen LogP contribution >= 0.6 is 47.2 Å². The first-order valence-electron chi connectivity index (χ1n) is 8.95. The van der Waals surface area contributed by atoms with Crippen molar-refractivity contribution in [3.63, 3.8) is 0 Å². The van der Waals surface area contributed by atoms with Crippen molar-refractivity contribution in [2.75, 3.05) is 26.7 Å². The third-order valence-electron chi connectivity index (χ3n) is 4.02. The zero-order valence-corrected chi connectivity index (χ0v) is 20.1. The van der Waals surface area contributed by atoms with Gasteiger partial charge in [0.1, 0.15) is 11.5 Å². The summed E-state index contributed by atoms with van der Waals surface area (Å²) >= 11 is 12.0. The first kappa shape index (κ1) is 25.6. The molecule has 1 atom stereocenters. The lowest BCUT2D eigenvalue weighted by atomic mass is 10.1. The van der Waals surface area contributed by atoms with Crippen molar-refractivity contribution in [2.24, 2.45) is 4.99 Å². The zero-order valence-electron chi connectivity index (χ0n) is 16.3. The molecule has 0 saturated heterocycles. The molecule has 2 aromatic carbocycles. The highest BCUT2D eigenvalue weighted by Gasteiger charge is 2.10. The number of nitrogens with one attached hydrogen (secondary N) is 2. The number of phenols is 1. The fourth-order valence-corrected chi connectivity index (χ4v) is 3.13. The number of aromatic hydroxyl groups is 1. The number of benzene rings is 2. The number of aliphatic imine (C=N–C) groups is 1. The number of hydrogen-bond donors (Lipinski definition) is 4. The molecule has 0 spiro atoms. The number of ether oxygens (including phenoxy) is 1. The largest absolute Gasteiger partial charge is 0.508 e. The fraction of sp³-hybridized carbons (Fsp3) is 0.350. The Kier molecular flexibility index (Phi) is 11.5. The summed E-state index contributed by atoms with van der Waals surface area (Å²) in [6, 6.07) is 10.2. The Morgan fingerprint density at radius 1 is 1.14 bits per heavy atom. The van der Waals surface area contributed by atoms with Crippen molar-refractivity contribution in [3.8, 4) is 11.5 Å². The minimum absolute atomic E-state index is 0. The number of guanidine groups is 1. The second kappa shape index (κ2) is 13.0. The normalized spacial score (nSPS) is 12.1. The average Bonchev–Trinajstić information content (AvgIpc) is 2.66. The van der Waals surface area contributed by atoms with Gasteiger partial charge in [-0.25, -0.2) is 0 Å². The molecule has 0 amide bonds. The number of nitrogens with zero attached hydrogens (tertiary/aromatic N) is 1. The first-order valence-corrected chi connectivity index (χ1v) is 9.70. The van der Waals surface area contributed by atoms with Gasteiger partial charge in [0.05, 0.1) is 19.8 Å². The second-order valence-corrected chi connectivity index (χ2v) is 6.98.